The smallest absolute Gasteiger partial charge is 0.372 e. The van der Waals surface area contributed by atoms with Crippen molar-refractivity contribution in [3.8, 4) is 0 Å². The Balaban J connectivity index is 1.94. The van der Waals surface area contributed by atoms with E-state index in [9.17, 15) is 4.79 Å². The Hall–Kier alpha value is -1.36. The van der Waals surface area contributed by atoms with E-state index in [0.717, 1.165) is 5.69 Å². The van der Waals surface area contributed by atoms with E-state index in [-0.39, 0.29) is 5.82 Å². The van der Waals surface area contributed by atoms with Crippen LogP contribution in [0.5, 0.6) is 0 Å². The molecule has 1 fully saturated rings. The molecule has 1 heterocycles. The summed E-state index contributed by atoms with van der Waals surface area (Å²) in [5, 5.41) is 12.3. The van der Waals surface area contributed by atoms with Crippen LogP contribution in [0.4, 0.5) is 0 Å². The number of hydrogen-bond donors (Lipinski definition) is 2. The first-order chi connectivity index (χ1) is 7.66. The third-order valence-corrected chi connectivity index (χ3v) is 3.04. The summed E-state index contributed by atoms with van der Waals surface area (Å²) < 4.78 is 1.55. The lowest BCUT2D eigenvalue weighted by atomic mass is 10.2. The zero-order valence-electron chi connectivity index (χ0n) is 9.44. The number of carbonyl (C=O) groups is 1. The fourth-order valence-electron chi connectivity index (χ4n) is 2.19. The number of carboxylic acids is 1. The zero-order valence-corrected chi connectivity index (χ0v) is 9.44. The highest BCUT2D eigenvalue weighted by Crippen LogP contribution is 2.17. The van der Waals surface area contributed by atoms with Crippen molar-refractivity contribution in [2.75, 3.05) is 0 Å². The third-order valence-electron chi connectivity index (χ3n) is 3.04. The molecule has 1 aliphatic rings. The summed E-state index contributed by atoms with van der Waals surface area (Å²) in [6.07, 6.45) is 6.79. The summed E-state index contributed by atoms with van der Waals surface area (Å²) in [6.45, 7) is 0.659. The van der Waals surface area contributed by atoms with Crippen molar-refractivity contribution in [1.29, 1.82) is 0 Å². The number of carboxylic acid groups (broad SMARTS) is 1. The molecule has 16 heavy (non-hydrogen) atoms. The molecule has 0 saturated heterocycles. The molecule has 0 atom stereocenters. The summed E-state index contributed by atoms with van der Waals surface area (Å²) in [6, 6.07) is 0.579. The lowest BCUT2D eigenvalue weighted by molar-refractivity contribution is 0.0679. The molecule has 5 heteroatoms. The molecular formula is C11H17N3O2. The SMILES string of the molecule is Cn1cc(CNC2CCCC2)nc1C(=O)O. The third kappa shape index (κ3) is 2.41. The van der Waals surface area contributed by atoms with Crippen molar-refractivity contribution in [3.05, 3.63) is 17.7 Å². The van der Waals surface area contributed by atoms with Gasteiger partial charge in [-0.1, -0.05) is 12.8 Å². The summed E-state index contributed by atoms with van der Waals surface area (Å²) in [5.74, 6) is -0.877. The average molecular weight is 223 g/mol. The molecule has 88 valence electrons. The van der Waals surface area contributed by atoms with Gasteiger partial charge in [0.2, 0.25) is 5.82 Å². The Morgan fingerprint density at radius 1 is 1.62 bits per heavy atom. The highest BCUT2D eigenvalue weighted by atomic mass is 16.4. The van der Waals surface area contributed by atoms with Gasteiger partial charge in [0.25, 0.3) is 0 Å². The Kier molecular flexibility index (Phi) is 3.24. The van der Waals surface area contributed by atoms with Crippen molar-refractivity contribution in [2.24, 2.45) is 7.05 Å². The monoisotopic (exact) mass is 223 g/mol. The van der Waals surface area contributed by atoms with Crippen LogP contribution in [0.1, 0.15) is 42.0 Å². The van der Waals surface area contributed by atoms with Crippen molar-refractivity contribution in [3.63, 3.8) is 0 Å². The summed E-state index contributed by atoms with van der Waals surface area (Å²) >= 11 is 0. The summed E-state index contributed by atoms with van der Waals surface area (Å²) in [5.41, 5.74) is 0.798. The van der Waals surface area contributed by atoms with Gasteiger partial charge in [-0.2, -0.15) is 0 Å². The number of nitrogens with zero attached hydrogens (tertiary/aromatic N) is 2. The van der Waals surface area contributed by atoms with E-state index in [4.69, 9.17) is 5.11 Å². The van der Waals surface area contributed by atoms with Crippen LogP contribution in [-0.2, 0) is 13.6 Å². The van der Waals surface area contributed by atoms with Gasteiger partial charge in [-0.15, -0.1) is 0 Å². The molecule has 2 rings (SSSR count). The largest absolute Gasteiger partial charge is 0.475 e. The highest BCUT2D eigenvalue weighted by molar-refractivity contribution is 5.83. The lowest BCUT2D eigenvalue weighted by Gasteiger charge is -2.09. The van der Waals surface area contributed by atoms with Crippen molar-refractivity contribution in [2.45, 2.75) is 38.3 Å². The molecular weight excluding hydrogens is 206 g/mol. The Bertz CT molecular complexity index is 381. The van der Waals surface area contributed by atoms with Crippen LogP contribution < -0.4 is 5.32 Å². The van der Waals surface area contributed by atoms with E-state index in [1.54, 1.807) is 17.8 Å². The highest BCUT2D eigenvalue weighted by Gasteiger charge is 2.16. The van der Waals surface area contributed by atoms with E-state index in [1.165, 1.54) is 25.7 Å². The van der Waals surface area contributed by atoms with Gasteiger partial charge in [0, 0.05) is 25.8 Å². The van der Waals surface area contributed by atoms with Gasteiger partial charge >= 0.3 is 5.97 Å². The molecule has 1 saturated carbocycles. The van der Waals surface area contributed by atoms with E-state index >= 15 is 0 Å². The van der Waals surface area contributed by atoms with E-state index in [0.29, 0.717) is 12.6 Å². The minimum absolute atomic E-state index is 0.100. The molecule has 0 amide bonds. The van der Waals surface area contributed by atoms with Crippen molar-refractivity contribution < 1.29 is 9.90 Å². The van der Waals surface area contributed by atoms with Crippen molar-refractivity contribution in [1.82, 2.24) is 14.9 Å². The molecule has 0 spiro atoms. The van der Waals surface area contributed by atoms with E-state index in [1.807, 2.05) is 0 Å². The van der Waals surface area contributed by atoms with Gasteiger partial charge < -0.3 is 15.0 Å². The van der Waals surface area contributed by atoms with Gasteiger partial charge in [-0.05, 0) is 12.8 Å². The second kappa shape index (κ2) is 4.65. The number of hydrogen-bond acceptors (Lipinski definition) is 3. The molecule has 0 bridgehead atoms. The van der Waals surface area contributed by atoms with Crippen molar-refractivity contribution >= 4 is 5.97 Å². The maximum Gasteiger partial charge on any atom is 0.372 e. The Morgan fingerprint density at radius 2 is 2.31 bits per heavy atom. The van der Waals surface area contributed by atoms with Gasteiger partial charge in [-0.3, -0.25) is 0 Å². The molecule has 2 N–H and O–H groups in total. The first-order valence-electron chi connectivity index (χ1n) is 5.65. The van der Waals surface area contributed by atoms with Gasteiger partial charge in [0.05, 0.1) is 5.69 Å². The fourth-order valence-corrected chi connectivity index (χ4v) is 2.19. The van der Waals surface area contributed by atoms with Crippen LogP contribution >= 0.6 is 0 Å². The number of rotatable bonds is 4. The van der Waals surface area contributed by atoms with Crippen LogP contribution in [0.25, 0.3) is 0 Å². The second-order valence-corrected chi connectivity index (χ2v) is 4.33. The van der Waals surface area contributed by atoms with Gasteiger partial charge in [0.15, 0.2) is 0 Å². The number of imidazole rings is 1. The maximum atomic E-state index is 10.8. The molecule has 1 aromatic rings. The lowest BCUT2D eigenvalue weighted by Crippen LogP contribution is -2.25. The summed E-state index contributed by atoms with van der Waals surface area (Å²) in [4.78, 5) is 14.9. The first kappa shape index (κ1) is 11.1. The molecule has 0 aromatic carbocycles. The molecule has 0 aliphatic heterocycles. The van der Waals surface area contributed by atoms with Crippen LogP contribution in [0.15, 0.2) is 6.20 Å². The molecule has 0 radical (unpaired) electrons. The maximum absolute atomic E-state index is 10.8. The predicted octanol–water partition coefficient (Wildman–Crippen LogP) is 1.15. The topological polar surface area (TPSA) is 67.2 Å². The zero-order chi connectivity index (χ0) is 11.5. The summed E-state index contributed by atoms with van der Waals surface area (Å²) in [7, 11) is 1.70. The standard InChI is InChI=1S/C11H17N3O2/c1-14-7-9(13-10(14)11(15)16)6-12-8-4-2-3-5-8/h7-8,12H,2-6H2,1H3,(H,15,16). The van der Waals surface area contributed by atoms with Gasteiger partial charge in [0.1, 0.15) is 0 Å². The van der Waals surface area contributed by atoms with Crippen LogP contribution in [0, 0.1) is 0 Å². The number of aryl methyl sites for hydroxylation is 1. The number of nitrogens with one attached hydrogen (secondary N) is 1. The molecule has 5 nitrogen and oxygen atoms in total. The molecule has 0 unspecified atom stereocenters. The van der Waals surface area contributed by atoms with Crippen LogP contribution in [-0.4, -0.2) is 26.7 Å². The van der Waals surface area contributed by atoms with E-state index < -0.39 is 5.97 Å². The predicted molar refractivity (Wildman–Crippen MR) is 59.3 cm³/mol. The minimum Gasteiger partial charge on any atom is -0.475 e. The molecule has 1 aromatic heterocycles. The van der Waals surface area contributed by atoms with Crippen LogP contribution in [0.2, 0.25) is 0 Å². The van der Waals surface area contributed by atoms with Gasteiger partial charge in [-0.25, -0.2) is 9.78 Å². The van der Waals surface area contributed by atoms with Crippen LogP contribution in [0.3, 0.4) is 0 Å². The Labute approximate surface area is 94.5 Å². The Morgan fingerprint density at radius 3 is 2.88 bits per heavy atom. The second-order valence-electron chi connectivity index (χ2n) is 4.33. The minimum atomic E-state index is -0.977. The normalized spacial score (nSPS) is 16.8. The average Bonchev–Trinajstić information content (AvgIpc) is 2.83. The molecule has 1 aliphatic carbocycles. The first-order valence-corrected chi connectivity index (χ1v) is 5.65. The number of aromatic carboxylic acids is 1. The quantitative estimate of drug-likeness (QED) is 0.803. The number of aromatic nitrogens is 2. The fraction of sp³-hybridized carbons (Fsp3) is 0.636. The van der Waals surface area contributed by atoms with E-state index in [2.05, 4.69) is 10.3 Å².